The van der Waals surface area contributed by atoms with Crippen LogP contribution in [0, 0.1) is 5.92 Å². The van der Waals surface area contributed by atoms with Crippen LogP contribution in [-0.4, -0.2) is 45.8 Å². The molecule has 98 valence electrons. The van der Waals surface area contributed by atoms with E-state index in [0.717, 1.165) is 25.9 Å². The number of amidine groups is 1. The molecule has 7 nitrogen and oxygen atoms in total. The van der Waals surface area contributed by atoms with Gasteiger partial charge in [-0.1, -0.05) is 5.16 Å². The van der Waals surface area contributed by atoms with Crippen LogP contribution in [0.1, 0.15) is 18.4 Å². The van der Waals surface area contributed by atoms with E-state index in [1.54, 1.807) is 0 Å². The van der Waals surface area contributed by atoms with Crippen molar-refractivity contribution in [3.63, 3.8) is 0 Å². The van der Waals surface area contributed by atoms with E-state index in [0.29, 0.717) is 11.4 Å². The summed E-state index contributed by atoms with van der Waals surface area (Å²) in [5, 5.41) is 21.0. The summed E-state index contributed by atoms with van der Waals surface area (Å²) in [5.41, 5.74) is 6.13. The fraction of sp³-hybridized carbons (Fsp3) is 0.545. The maximum Gasteiger partial charge on any atom is 0.175 e. The standard InChI is InChI=1S/C11H17N5O2/c12-10(15-18)9-4-13-7-14-11(9)16-3-1-2-8(5-16)6-17/h4,7-8,17-18H,1-3,5-6H2,(H2,12,15). The summed E-state index contributed by atoms with van der Waals surface area (Å²) >= 11 is 0. The van der Waals surface area contributed by atoms with E-state index in [1.165, 1.54) is 12.5 Å². The Kier molecular flexibility index (Phi) is 3.93. The Bertz CT molecular complexity index is 437. The Morgan fingerprint density at radius 1 is 1.61 bits per heavy atom. The minimum atomic E-state index is -0.00304. The zero-order chi connectivity index (χ0) is 13.0. The number of oxime groups is 1. The van der Waals surface area contributed by atoms with Crippen LogP contribution in [0.3, 0.4) is 0 Å². The highest BCUT2D eigenvalue weighted by molar-refractivity contribution is 6.01. The van der Waals surface area contributed by atoms with Gasteiger partial charge in [-0.2, -0.15) is 0 Å². The highest BCUT2D eigenvalue weighted by Crippen LogP contribution is 2.23. The van der Waals surface area contributed by atoms with Gasteiger partial charge in [0.2, 0.25) is 0 Å². The van der Waals surface area contributed by atoms with Gasteiger partial charge >= 0.3 is 0 Å². The van der Waals surface area contributed by atoms with Gasteiger partial charge < -0.3 is 20.9 Å². The monoisotopic (exact) mass is 251 g/mol. The molecule has 1 aromatic rings. The summed E-state index contributed by atoms with van der Waals surface area (Å²) in [6, 6.07) is 0. The molecule has 2 heterocycles. The number of hydrogen-bond donors (Lipinski definition) is 3. The second kappa shape index (κ2) is 5.63. The minimum Gasteiger partial charge on any atom is -0.409 e. The number of piperidine rings is 1. The molecule has 0 bridgehead atoms. The lowest BCUT2D eigenvalue weighted by Gasteiger charge is -2.33. The molecule has 1 fully saturated rings. The van der Waals surface area contributed by atoms with Crippen molar-refractivity contribution in [3.8, 4) is 0 Å². The predicted molar refractivity (Wildman–Crippen MR) is 66.6 cm³/mol. The van der Waals surface area contributed by atoms with E-state index < -0.39 is 0 Å². The molecule has 0 aromatic carbocycles. The lowest BCUT2D eigenvalue weighted by atomic mass is 9.99. The molecule has 1 saturated heterocycles. The molecule has 18 heavy (non-hydrogen) atoms. The summed E-state index contributed by atoms with van der Waals surface area (Å²) in [7, 11) is 0. The highest BCUT2D eigenvalue weighted by Gasteiger charge is 2.23. The number of nitrogens with zero attached hydrogens (tertiary/aromatic N) is 4. The number of aliphatic hydroxyl groups excluding tert-OH is 1. The van der Waals surface area contributed by atoms with Gasteiger partial charge in [0, 0.05) is 25.9 Å². The Balaban J connectivity index is 2.27. The van der Waals surface area contributed by atoms with E-state index >= 15 is 0 Å². The maximum absolute atomic E-state index is 9.23. The first-order valence-corrected chi connectivity index (χ1v) is 5.90. The van der Waals surface area contributed by atoms with Crippen molar-refractivity contribution < 1.29 is 10.3 Å². The molecule has 0 spiro atoms. The Hall–Kier alpha value is -1.89. The highest BCUT2D eigenvalue weighted by atomic mass is 16.4. The normalized spacial score (nSPS) is 21.1. The second-order valence-electron chi connectivity index (χ2n) is 4.38. The topological polar surface area (TPSA) is 108 Å². The van der Waals surface area contributed by atoms with Gasteiger partial charge in [-0.25, -0.2) is 9.97 Å². The number of anilines is 1. The number of aliphatic hydroxyl groups is 1. The number of nitrogens with two attached hydrogens (primary N) is 1. The van der Waals surface area contributed by atoms with Crippen LogP contribution < -0.4 is 10.6 Å². The average Bonchev–Trinajstić information content (AvgIpc) is 2.46. The zero-order valence-electron chi connectivity index (χ0n) is 10.0. The number of aromatic nitrogens is 2. The Morgan fingerprint density at radius 2 is 2.44 bits per heavy atom. The van der Waals surface area contributed by atoms with Crippen LogP contribution in [-0.2, 0) is 0 Å². The SMILES string of the molecule is NC(=NO)c1cncnc1N1CCCC(CO)C1. The largest absolute Gasteiger partial charge is 0.409 e. The molecule has 7 heteroatoms. The molecule has 0 saturated carbocycles. The van der Waals surface area contributed by atoms with E-state index in [1.807, 2.05) is 4.90 Å². The van der Waals surface area contributed by atoms with Crippen molar-refractivity contribution in [2.45, 2.75) is 12.8 Å². The van der Waals surface area contributed by atoms with Gasteiger partial charge in [-0.15, -0.1) is 0 Å². The molecular formula is C11H17N5O2. The van der Waals surface area contributed by atoms with Crippen molar-refractivity contribution in [1.82, 2.24) is 9.97 Å². The van der Waals surface area contributed by atoms with Crippen molar-refractivity contribution in [1.29, 1.82) is 0 Å². The van der Waals surface area contributed by atoms with Crippen LogP contribution in [0.4, 0.5) is 5.82 Å². The van der Waals surface area contributed by atoms with Crippen molar-refractivity contribution in [2.75, 3.05) is 24.6 Å². The van der Waals surface area contributed by atoms with Crippen molar-refractivity contribution in [3.05, 3.63) is 18.1 Å². The number of rotatable bonds is 3. The van der Waals surface area contributed by atoms with Crippen molar-refractivity contribution in [2.24, 2.45) is 16.8 Å². The second-order valence-corrected chi connectivity index (χ2v) is 4.38. The fourth-order valence-electron chi connectivity index (χ4n) is 2.22. The Labute approximate surface area is 105 Å². The smallest absolute Gasteiger partial charge is 0.175 e. The third kappa shape index (κ3) is 2.51. The lowest BCUT2D eigenvalue weighted by molar-refractivity contribution is 0.208. The van der Waals surface area contributed by atoms with Crippen LogP contribution in [0.5, 0.6) is 0 Å². The lowest BCUT2D eigenvalue weighted by Crippen LogP contribution is -2.38. The van der Waals surface area contributed by atoms with Crippen LogP contribution >= 0.6 is 0 Å². The first-order valence-electron chi connectivity index (χ1n) is 5.90. The van der Waals surface area contributed by atoms with Crippen molar-refractivity contribution >= 4 is 11.7 Å². The number of hydrogen-bond acceptors (Lipinski definition) is 6. The molecule has 1 aromatic heterocycles. The predicted octanol–water partition coefficient (Wildman–Crippen LogP) is -0.220. The van der Waals surface area contributed by atoms with E-state index in [4.69, 9.17) is 10.9 Å². The summed E-state index contributed by atoms with van der Waals surface area (Å²) in [5.74, 6) is 0.893. The molecule has 4 N–H and O–H groups in total. The molecule has 0 aliphatic carbocycles. The van der Waals surface area contributed by atoms with E-state index in [2.05, 4.69) is 15.1 Å². The molecule has 1 atom stereocenters. The molecule has 0 amide bonds. The maximum atomic E-state index is 9.23. The molecule has 2 rings (SSSR count). The van der Waals surface area contributed by atoms with Crippen LogP contribution in [0.2, 0.25) is 0 Å². The van der Waals surface area contributed by atoms with Crippen LogP contribution in [0.25, 0.3) is 0 Å². The molecule has 1 unspecified atom stereocenters. The van der Waals surface area contributed by atoms with Gasteiger partial charge in [0.1, 0.15) is 12.1 Å². The van der Waals surface area contributed by atoms with Gasteiger partial charge in [0.05, 0.1) is 5.56 Å². The summed E-state index contributed by atoms with van der Waals surface area (Å²) < 4.78 is 0. The quantitative estimate of drug-likeness (QED) is 0.297. The Morgan fingerprint density at radius 3 is 3.17 bits per heavy atom. The van der Waals surface area contributed by atoms with Gasteiger partial charge in [-0.05, 0) is 18.8 Å². The molecule has 0 radical (unpaired) electrons. The first-order chi connectivity index (χ1) is 8.76. The van der Waals surface area contributed by atoms with Crippen LogP contribution in [0.15, 0.2) is 17.7 Å². The molecular weight excluding hydrogens is 234 g/mol. The summed E-state index contributed by atoms with van der Waals surface area (Å²) in [6.07, 6.45) is 4.97. The van der Waals surface area contributed by atoms with Gasteiger partial charge in [0.25, 0.3) is 0 Å². The summed E-state index contributed by atoms with van der Waals surface area (Å²) in [4.78, 5) is 10.1. The molecule has 1 aliphatic rings. The average molecular weight is 251 g/mol. The fourth-order valence-corrected chi connectivity index (χ4v) is 2.22. The zero-order valence-corrected chi connectivity index (χ0v) is 10.0. The minimum absolute atomic E-state index is 0.00304. The van der Waals surface area contributed by atoms with E-state index in [9.17, 15) is 5.11 Å². The first kappa shape index (κ1) is 12.6. The third-order valence-corrected chi connectivity index (χ3v) is 3.15. The summed E-state index contributed by atoms with van der Waals surface area (Å²) in [6.45, 7) is 1.74. The van der Waals surface area contributed by atoms with Gasteiger partial charge in [-0.3, -0.25) is 0 Å². The van der Waals surface area contributed by atoms with Gasteiger partial charge in [0.15, 0.2) is 5.84 Å². The third-order valence-electron chi connectivity index (χ3n) is 3.15. The van der Waals surface area contributed by atoms with E-state index in [-0.39, 0.29) is 18.4 Å². The molecule has 1 aliphatic heterocycles.